The van der Waals surface area contributed by atoms with E-state index in [1.807, 2.05) is 25.1 Å². The summed E-state index contributed by atoms with van der Waals surface area (Å²) < 4.78 is 1.50. The molecule has 19 heavy (non-hydrogen) atoms. The average molecular weight is 259 g/mol. The van der Waals surface area contributed by atoms with Crippen molar-refractivity contribution in [3.8, 4) is 0 Å². The molecule has 2 heterocycles. The van der Waals surface area contributed by atoms with Crippen molar-refractivity contribution < 1.29 is 4.79 Å². The molecule has 0 atom stereocenters. The summed E-state index contributed by atoms with van der Waals surface area (Å²) in [5.74, 6) is -0.134. The van der Waals surface area contributed by atoms with E-state index in [9.17, 15) is 4.79 Å². The number of hydrogen-bond donors (Lipinski definition) is 1. The largest absolute Gasteiger partial charge is 0.396 e. The number of pyridine rings is 1. The third kappa shape index (κ3) is 2.73. The Kier molecular flexibility index (Phi) is 3.79. The summed E-state index contributed by atoms with van der Waals surface area (Å²) in [5.41, 5.74) is 7.44. The van der Waals surface area contributed by atoms with Gasteiger partial charge in [-0.05, 0) is 19.1 Å². The van der Waals surface area contributed by atoms with E-state index in [-0.39, 0.29) is 5.91 Å². The molecule has 0 spiro atoms. The Hall–Kier alpha value is -2.37. The third-order valence-electron chi connectivity index (χ3n) is 2.92. The van der Waals surface area contributed by atoms with E-state index in [1.165, 1.54) is 10.9 Å². The zero-order valence-corrected chi connectivity index (χ0v) is 11.1. The van der Waals surface area contributed by atoms with Gasteiger partial charge >= 0.3 is 0 Å². The van der Waals surface area contributed by atoms with E-state index in [4.69, 9.17) is 5.73 Å². The Morgan fingerprint density at radius 2 is 2.26 bits per heavy atom. The van der Waals surface area contributed by atoms with Gasteiger partial charge in [-0.25, -0.2) is 0 Å². The summed E-state index contributed by atoms with van der Waals surface area (Å²) in [6, 6.07) is 5.64. The van der Waals surface area contributed by atoms with Gasteiger partial charge in [-0.1, -0.05) is 6.07 Å². The monoisotopic (exact) mass is 259 g/mol. The van der Waals surface area contributed by atoms with Crippen molar-refractivity contribution in [2.75, 3.05) is 12.3 Å². The first kappa shape index (κ1) is 13.1. The fourth-order valence-electron chi connectivity index (χ4n) is 1.88. The van der Waals surface area contributed by atoms with Gasteiger partial charge in [-0.2, -0.15) is 5.10 Å². The zero-order chi connectivity index (χ0) is 13.8. The van der Waals surface area contributed by atoms with Gasteiger partial charge in [0.1, 0.15) is 5.69 Å². The molecule has 0 bridgehead atoms. The number of aryl methyl sites for hydroxylation is 1. The number of nitrogen functional groups attached to an aromatic ring is 1. The van der Waals surface area contributed by atoms with Crippen LogP contribution in [-0.4, -0.2) is 32.1 Å². The van der Waals surface area contributed by atoms with Crippen molar-refractivity contribution >= 4 is 11.6 Å². The number of hydrogen-bond acceptors (Lipinski definition) is 4. The Labute approximate surface area is 111 Å². The van der Waals surface area contributed by atoms with Crippen LogP contribution in [0.25, 0.3) is 0 Å². The number of nitrogens with two attached hydrogens (primary N) is 1. The molecule has 0 saturated carbocycles. The number of anilines is 1. The minimum absolute atomic E-state index is 0.134. The number of amides is 1. The molecule has 0 fully saturated rings. The van der Waals surface area contributed by atoms with Gasteiger partial charge in [-0.15, -0.1) is 0 Å². The van der Waals surface area contributed by atoms with Gasteiger partial charge in [0, 0.05) is 19.8 Å². The summed E-state index contributed by atoms with van der Waals surface area (Å²) in [7, 11) is 1.71. The average Bonchev–Trinajstić information content (AvgIpc) is 2.76. The maximum absolute atomic E-state index is 12.4. The molecule has 0 aliphatic carbocycles. The highest BCUT2D eigenvalue weighted by atomic mass is 16.2. The SMILES string of the molecule is CCN(Cc1ccccn1)C(=O)c1c(N)cnn1C. The van der Waals surface area contributed by atoms with Crippen LogP contribution in [0.15, 0.2) is 30.6 Å². The molecular formula is C13H17N5O. The molecule has 6 heteroatoms. The summed E-state index contributed by atoms with van der Waals surface area (Å²) in [6.45, 7) is 2.97. The first-order chi connectivity index (χ1) is 9.13. The molecule has 0 aliphatic rings. The predicted molar refractivity (Wildman–Crippen MR) is 72.3 cm³/mol. The van der Waals surface area contributed by atoms with Gasteiger partial charge in [0.15, 0.2) is 0 Å². The van der Waals surface area contributed by atoms with Crippen LogP contribution in [0.4, 0.5) is 5.69 Å². The van der Waals surface area contributed by atoms with Crippen molar-refractivity contribution in [3.05, 3.63) is 42.0 Å². The molecule has 100 valence electrons. The van der Waals surface area contributed by atoms with Crippen LogP contribution in [0.3, 0.4) is 0 Å². The van der Waals surface area contributed by atoms with E-state index >= 15 is 0 Å². The van der Waals surface area contributed by atoms with Crippen LogP contribution in [0.5, 0.6) is 0 Å². The number of rotatable bonds is 4. The second-order valence-electron chi connectivity index (χ2n) is 4.21. The zero-order valence-electron chi connectivity index (χ0n) is 11.1. The molecular weight excluding hydrogens is 242 g/mol. The van der Waals surface area contributed by atoms with Crippen LogP contribution >= 0.6 is 0 Å². The summed E-state index contributed by atoms with van der Waals surface area (Å²) in [6.07, 6.45) is 3.20. The van der Waals surface area contributed by atoms with E-state index < -0.39 is 0 Å². The second kappa shape index (κ2) is 5.51. The van der Waals surface area contributed by atoms with E-state index in [1.54, 1.807) is 18.1 Å². The van der Waals surface area contributed by atoms with Gasteiger partial charge in [0.2, 0.25) is 0 Å². The van der Waals surface area contributed by atoms with Gasteiger partial charge in [0.05, 0.1) is 24.1 Å². The van der Waals surface area contributed by atoms with Crippen molar-refractivity contribution in [2.45, 2.75) is 13.5 Å². The number of nitrogens with zero attached hydrogens (tertiary/aromatic N) is 4. The lowest BCUT2D eigenvalue weighted by Gasteiger charge is -2.20. The van der Waals surface area contributed by atoms with E-state index in [0.717, 1.165) is 5.69 Å². The normalized spacial score (nSPS) is 10.4. The third-order valence-corrected chi connectivity index (χ3v) is 2.92. The van der Waals surface area contributed by atoms with E-state index in [0.29, 0.717) is 24.5 Å². The topological polar surface area (TPSA) is 77.0 Å². The Bertz CT molecular complexity index is 544. The molecule has 2 aromatic heterocycles. The summed E-state index contributed by atoms with van der Waals surface area (Å²) in [4.78, 5) is 18.4. The second-order valence-corrected chi connectivity index (χ2v) is 4.21. The summed E-state index contributed by atoms with van der Waals surface area (Å²) in [5, 5.41) is 3.99. The van der Waals surface area contributed by atoms with Gasteiger partial charge in [0.25, 0.3) is 5.91 Å². The maximum atomic E-state index is 12.4. The molecule has 0 aromatic carbocycles. The van der Waals surface area contributed by atoms with Crippen LogP contribution in [0.1, 0.15) is 23.1 Å². The van der Waals surface area contributed by atoms with Crippen LogP contribution in [0.2, 0.25) is 0 Å². The molecule has 2 aromatic rings. The molecule has 0 aliphatic heterocycles. The van der Waals surface area contributed by atoms with Crippen molar-refractivity contribution in [2.24, 2.45) is 7.05 Å². The number of carbonyl (C=O) groups is 1. The lowest BCUT2D eigenvalue weighted by molar-refractivity contribution is 0.0740. The molecule has 2 N–H and O–H groups in total. The van der Waals surface area contributed by atoms with E-state index in [2.05, 4.69) is 10.1 Å². The Morgan fingerprint density at radius 1 is 1.47 bits per heavy atom. The van der Waals surface area contributed by atoms with Gasteiger partial charge in [-0.3, -0.25) is 14.5 Å². The fraction of sp³-hybridized carbons (Fsp3) is 0.308. The minimum atomic E-state index is -0.134. The molecule has 1 amide bonds. The Morgan fingerprint density at radius 3 is 2.79 bits per heavy atom. The van der Waals surface area contributed by atoms with Crippen LogP contribution in [-0.2, 0) is 13.6 Å². The first-order valence-electron chi connectivity index (χ1n) is 6.10. The van der Waals surface area contributed by atoms with Crippen molar-refractivity contribution in [1.29, 1.82) is 0 Å². The van der Waals surface area contributed by atoms with Gasteiger partial charge < -0.3 is 10.6 Å². The fourth-order valence-corrected chi connectivity index (χ4v) is 1.88. The summed E-state index contributed by atoms with van der Waals surface area (Å²) >= 11 is 0. The highest BCUT2D eigenvalue weighted by molar-refractivity contribution is 5.97. The molecule has 2 rings (SSSR count). The highest BCUT2D eigenvalue weighted by Gasteiger charge is 2.21. The maximum Gasteiger partial charge on any atom is 0.274 e. The lowest BCUT2D eigenvalue weighted by Crippen LogP contribution is -2.32. The van der Waals surface area contributed by atoms with Crippen LogP contribution in [0, 0.1) is 0 Å². The van der Waals surface area contributed by atoms with Crippen molar-refractivity contribution in [1.82, 2.24) is 19.7 Å². The Balaban J connectivity index is 2.21. The first-order valence-corrected chi connectivity index (χ1v) is 6.10. The van der Waals surface area contributed by atoms with Crippen molar-refractivity contribution in [3.63, 3.8) is 0 Å². The quantitative estimate of drug-likeness (QED) is 0.890. The number of aromatic nitrogens is 3. The molecule has 0 radical (unpaired) electrons. The standard InChI is InChI=1S/C13H17N5O/c1-3-18(9-10-6-4-5-7-15-10)13(19)12-11(14)8-16-17(12)2/h4-8H,3,9,14H2,1-2H3. The molecule has 0 saturated heterocycles. The smallest absolute Gasteiger partial charge is 0.274 e. The molecule has 6 nitrogen and oxygen atoms in total. The predicted octanol–water partition coefficient (Wildman–Crippen LogP) is 1.06. The lowest BCUT2D eigenvalue weighted by atomic mass is 10.2. The number of carbonyl (C=O) groups excluding carboxylic acids is 1. The molecule has 0 unspecified atom stereocenters. The highest BCUT2D eigenvalue weighted by Crippen LogP contribution is 2.14. The van der Waals surface area contributed by atoms with Crippen LogP contribution < -0.4 is 5.73 Å². The minimum Gasteiger partial charge on any atom is -0.396 e.